The second kappa shape index (κ2) is 8.66. The summed E-state index contributed by atoms with van der Waals surface area (Å²) in [5, 5.41) is 13.5. The lowest BCUT2D eigenvalue weighted by Crippen LogP contribution is -2.41. The number of nitro benzene ring substituents is 1. The Bertz CT molecular complexity index is 658. The second-order valence-corrected chi connectivity index (χ2v) is 6.64. The summed E-state index contributed by atoms with van der Waals surface area (Å²) in [4.78, 5) is 35.8. The summed E-state index contributed by atoms with van der Waals surface area (Å²) >= 11 is 5.92. The van der Waals surface area contributed by atoms with Crippen LogP contribution in [0.4, 0.5) is 10.5 Å². The largest absolute Gasteiger partial charge is 0.444 e. The Morgan fingerprint density at radius 3 is 2.52 bits per heavy atom. The number of likely N-dealkylation sites (N-methyl/N-ethyl adjacent to an activating group) is 1. The monoisotopic (exact) mass is 371 g/mol. The first-order valence-corrected chi connectivity index (χ1v) is 8.13. The summed E-state index contributed by atoms with van der Waals surface area (Å²) in [7, 11) is 0. The molecule has 0 fully saturated rings. The average molecular weight is 372 g/mol. The number of halogens is 1. The van der Waals surface area contributed by atoms with Gasteiger partial charge in [0.15, 0.2) is 0 Å². The molecule has 25 heavy (non-hydrogen) atoms. The zero-order chi connectivity index (χ0) is 19.2. The van der Waals surface area contributed by atoms with Crippen LogP contribution in [0.5, 0.6) is 0 Å². The number of nitrogens with one attached hydrogen (secondary N) is 1. The zero-order valence-corrected chi connectivity index (χ0v) is 15.4. The lowest BCUT2D eigenvalue weighted by atomic mass is 10.2. The van der Waals surface area contributed by atoms with E-state index in [1.165, 1.54) is 17.0 Å². The number of nitrogens with zero attached hydrogens (tertiary/aromatic N) is 2. The predicted octanol–water partition coefficient (Wildman–Crippen LogP) is 3.24. The molecular formula is C16H22ClN3O5. The van der Waals surface area contributed by atoms with Crippen molar-refractivity contribution in [1.29, 1.82) is 0 Å². The number of non-ortho nitro benzene ring substituents is 1. The van der Waals surface area contributed by atoms with Crippen molar-refractivity contribution < 1.29 is 19.2 Å². The highest BCUT2D eigenvalue weighted by Crippen LogP contribution is 2.21. The van der Waals surface area contributed by atoms with Gasteiger partial charge in [0.2, 0.25) is 0 Å². The van der Waals surface area contributed by atoms with E-state index in [2.05, 4.69) is 5.32 Å². The van der Waals surface area contributed by atoms with Gasteiger partial charge in [0.25, 0.3) is 11.6 Å². The van der Waals surface area contributed by atoms with E-state index in [0.29, 0.717) is 6.54 Å². The molecule has 1 N–H and O–H groups in total. The van der Waals surface area contributed by atoms with Gasteiger partial charge in [-0.1, -0.05) is 11.6 Å². The lowest BCUT2D eigenvalue weighted by Gasteiger charge is -2.26. The van der Waals surface area contributed by atoms with E-state index >= 15 is 0 Å². The van der Waals surface area contributed by atoms with E-state index < -0.39 is 22.5 Å². The maximum absolute atomic E-state index is 12.2. The number of rotatable bonds is 6. The van der Waals surface area contributed by atoms with Crippen molar-refractivity contribution in [1.82, 2.24) is 10.2 Å². The minimum absolute atomic E-state index is 0.0104. The van der Waals surface area contributed by atoms with Crippen molar-refractivity contribution in [2.45, 2.75) is 33.3 Å². The number of ether oxygens (including phenoxy) is 1. The average Bonchev–Trinajstić information content (AvgIpc) is 2.49. The van der Waals surface area contributed by atoms with Crippen LogP contribution in [-0.2, 0) is 4.74 Å². The highest BCUT2D eigenvalue weighted by atomic mass is 35.5. The van der Waals surface area contributed by atoms with Crippen LogP contribution in [0.2, 0.25) is 5.02 Å². The van der Waals surface area contributed by atoms with E-state index in [0.717, 1.165) is 6.07 Å². The summed E-state index contributed by atoms with van der Waals surface area (Å²) in [6.07, 6.45) is -0.474. The van der Waals surface area contributed by atoms with E-state index in [1.807, 2.05) is 0 Å². The van der Waals surface area contributed by atoms with Gasteiger partial charge < -0.3 is 15.0 Å². The molecule has 0 heterocycles. The fourth-order valence-corrected chi connectivity index (χ4v) is 2.11. The summed E-state index contributed by atoms with van der Waals surface area (Å²) < 4.78 is 5.27. The molecule has 0 saturated carbocycles. The van der Waals surface area contributed by atoms with Crippen molar-refractivity contribution in [2.24, 2.45) is 0 Å². The summed E-state index contributed by atoms with van der Waals surface area (Å²) in [5.41, 5.74) is -0.820. The summed E-state index contributed by atoms with van der Waals surface area (Å²) in [6, 6.07) is 3.64. The van der Waals surface area contributed by atoms with Crippen LogP contribution in [-0.4, -0.2) is 47.1 Å². The number of amides is 2. The van der Waals surface area contributed by atoms with E-state index in [-0.39, 0.29) is 29.4 Å². The lowest BCUT2D eigenvalue weighted by molar-refractivity contribution is -0.384. The van der Waals surface area contributed by atoms with Crippen molar-refractivity contribution in [2.75, 3.05) is 19.6 Å². The molecule has 0 radical (unpaired) electrons. The maximum Gasteiger partial charge on any atom is 0.410 e. The van der Waals surface area contributed by atoms with Gasteiger partial charge >= 0.3 is 6.09 Å². The van der Waals surface area contributed by atoms with Gasteiger partial charge in [-0.05, 0) is 33.8 Å². The van der Waals surface area contributed by atoms with Crippen LogP contribution in [0.15, 0.2) is 18.2 Å². The molecule has 0 bridgehead atoms. The molecule has 9 heteroatoms. The second-order valence-electron chi connectivity index (χ2n) is 6.24. The standard InChI is InChI=1S/C16H22ClN3O5/c1-5-19(15(22)25-16(2,3)4)9-8-18-14(21)12-10-11(20(23)24)6-7-13(12)17/h6-7,10H,5,8-9H2,1-4H3,(H,18,21). The van der Waals surface area contributed by atoms with Crippen LogP contribution < -0.4 is 5.32 Å². The molecule has 0 aliphatic carbocycles. The molecule has 0 aromatic heterocycles. The molecule has 8 nitrogen and oxygen atoms in total. The highest BCUT2D eigenvalue weighted by Gasteiger charge is 2.21. The number of hydrogen-bond acceptors (Lipinski definition) is 5. The van der Waals surface area contributed by atoms with Crippen LogP contribution in [0, 0.1) is 10.1 Å². The third kappa shape index (κ3) is 6.58. The first-order valence-electron chi connectivity index (χ1n) is 7.75. The third-order valence-corrected chi connectivity index (χ3v) is 3.44. The Kier molecular flexibility index (Phi) is 7.17. The Balaban J connectivity index is 2.66. The first-order chi connectivity index (χ1) is 11.5. The topological polar surface area (TPSA) is 102 Å². The summed E-state index contributed by atoms with van der Waals surface area (Å²) in [6.45, 7) is 7.92. The van der Waals surface area contributed by atoms with Gasteiger partial charge in [0.1, 0.15) is 5.60 Å². The molecule has 0 aliphatic heterocycles. The number of nitro groups is 1. The minimum atomic E-state index is -0.607. The number of hydrogen-bond donors (Lipinski definition) is 1. The molecule has 0 aliphatic rings. The Labute approximate surface area is 151 Å². The van der Waals surface area contributed by atoms with Crippen LogP contribution in [0.1, 0.15) is 38.1 Å². The van der Waals surface area contributed by atoms with Crippen molar-refractivity contribution >= 4 is 29.3 Å². The molecule has 0 unspecified atom stereocenters. The van der Waals surface area contributed by atoms with Gasteiger partial charge in [0.05, 0.1) is 15.5 Å². The normalized spacial score (nSPS) is 10.9. The van der Waals surface area contributed by atoms with Gasteiger partial charge in [-0.2, -0.15) is 0 Å². The molecule has 0 spiro atoms. The van der Waals surface area contributed by atoms with Crippen LogP contribution >= 0.6 is 11.6 Å². The fourth-order valence-electron chi connectivity index (χ4n) is 1.91. The van der Waals surface area contributed by atoms with Gasteiger partial charge in [-0.25, -0.2) is 4.79 Å². The Morgan fingerprint density at radius 2 is 2.00 bits per heavy atom. The zero-order valence-electron chi connectivity index (χ0n) is 14.7. The van der Waals surface area contributed by atoms with Crippen LogP contribution in [0.3, 0.4) is 0 Å². The first kappa shape index (κ1) is 20.7. The SMILES string of the molecule is CCN(CCNC(=O)c1cc([N+](=O)[O-])ccc1Cl)C(=O)OC(C)(C)C. The molecule has 138 valence electrons. The Morgan fingerprint density at radius 1 is 1.36 bits per heavy atom. The predicted molar refractivity (Wildman–Crippen MR) is 93.9 cm³/mol. The van der Waals surface area contributed by atoms with E-state index in [1.54, 1.807) is 27.7 Å². The van der Waals surface area contributed by atoms with Gasteiger partial charge in [0, 0.05) is 31.8 Å². The molecule has 0 atom stereocenters. The molecule has 0 saturated heterocycles. The molecule has 2 amide bonds. The van der Waals surface area contributed by atoms with Crippen molar-refractivity contribution in [3.8, 4) is 0 Å². The number of carbonyl (C=O) groups is 2. The van der Waals surface area contributed by atoms with Crippen molar-refractivity contribution in [3.63, 3.8) is 0 Å². The minimum Gasteiger partial charge on any atom is -0.444 e. The quantitative estimate of drug-likeness (QED) is 0.611. The molecule has 1 rings (SSSR count). The fraction of sp³-hybridized carbons (Fsp3) is 0.500. The van der Waals surface area contributed by atoms with Crippen LogP contribution in [0.25, 0.3) is 0 Å². The highest BCUT2D eigenvalue weighted by molar-refractivity contribution is 6.33. The maximum atomic E-state index is 12.2. The van der Waals surface area contributed by atoms with Gasteiger partial charge in [-0.15, -0.1) is 0 Å². The van der Waals surface area contributed by atoms with Crippen molar-refractivity contribution in [3.05, 3.63) is 38.9 Å². The third-order valence-electron chi connectivity index (χ3n) is 3.11. The number of carbonyl (C=O) groups excluding carboxylic acids is 2. The molecular weight excluding hydrogens is 350 g/mol. The summed E-state index contributed by atoms with van der Waals surface area (Å²) in [5.74, 6) is -0.547. The van der Waals surface area contributed by atoms with E-state index in [9.17, 15) is 19.7 Å². The van der Waals surface area contributed by atoms with E-state index in [4.69, 9.17) is 16.3 Å². The molecule has 1 aromatic carbocycles. The molecule has 1 aromatic rings. The van der Waals surface area contributed by atoms with Gasteiger partial charge in [-0.3, -0.25) is 14.9 Å². The Hall–Kier alpha value is -2.35. The smallest absolute Gasteiger partial charge is 0.410 e. The number of benzene rings is 1.